The van der Waals surface area contributed by atoms with Gasteiger partial charge < -0.3 is 5.11 Å². The van der Waals surface area contributed by atoms with E-state index < -0.39 is 5.97 Å². The average molecular weight is 358 g/mol. The molecular formula is C22H30O4. The van der Waals surface area contributed by atoms with Crippen molar-refractivity contribution in [2.24, 2.45) is 0 Å². The maximum atomic E-state index is 10.8. The summed E-state index contributed by atoms with van der Waals surface area (Å²) in [7, 11) is 0. The Kier molecular flexibility index (Phi) is 9.56. The van der Waals surface area contributed by atoms with Gasteiger partial charge in [0.15, 0.2) is 11.6 Å². The number of carboxylic acids is 1. The van der Waals surface area contributed by atoms with Crippen molar-refractivity contribution in [3.05, 3.63) is 46.6 Å². The molecule has 4 nitrogen and oxygen atoms in total. The van der Waals surface area contributed by atoms with Crippen molar-refractivity contribution < 1.29 is 19.5 Å². The summed E-state index contributed by atoms with van der Waals surface area (Å²) in [4.78, 5) is 31.9. The fourth-order valence-electron chi connectivity index (χ4n) is 3.26. The number of hydrogen-bond acceptors (Lipinski definition) is 3. The summed E-state index contributed by atoms with van der Waals surface area (Å²) in [5, 5.41) is 8.53. The highest BCUT2D eigenvalue weighted by Gasteiger charge is 2.11. The van der Waals surface area contributed by atoms with Crippen molar-refractivity contribution in [2.75, 3.05) is 0 Å². The molecule has 26 heavy (non-hydrogen) atoms. The van der Waals surface area contributed by atoms with Gasteiger partial charge in [0.1, 0.15) is 0 Å². The van der Waals surface area contributed by atoms with Crippen LogP contribution in [0, 0.1) is 0 Å². The van der Waals surface area contributed by atoms with E-state index in [2.05, 4.69) is 13.0 Å². The Morgan fingerprint density at radius 3 is 1.23 bits per heavy atom. The molecule has 0 spiro atoms. The lowest BCUT2D eigenvalue weighted by molar-refractivity contribution is -0.131. The van der Waals surface area contributed by atoms with Crippen LogP contribution in [0.1, 0.15) is 72.1 Å². The predicted molar refractivity (Wildman–Crippen MR) is 104 cm³/mol. The smallest absolute Gasteiger partial charge is 0.328 e. The van der Waals surface area contributed by atoms with E-state index in [1.807, 2.05) is 0 Å². The van der Waals surface area contributed by atoms with Crippen LogP contribution in [0.5, 0.6) is 0 Å². The molecule has 1 N–H and O–H groups in total. The topological polar surface area (TPSA) is 71.4 Å². The van der Waals surface area contributed by atoms with Crippen molar-refractivity contribution >= 4 is 17.5 Å². The number of hydrogen-bond donors (Lipinski definition) is 1. The normalized spacial score (nSPS) is 16.9. The summed E-state index contributed by atoms with van der Waals surface area (Å²) >= 11 is 0. The summed E-state index contributed by atoms with van der Waals surface area (Å²) < 4.78 is 0. The largest absolute Gasteiger partial charge is 0.478 e. The lowest BCUT2D eigenvalue weighted by atomic mass is 9.89. The van der Waals surface area contributed by atoms with Crippen molar-refractivity contribution in [2.45, 2.75) is 72.1 Å². The Balaban J connectivity index is 0.000000263. The van der Waals surface area contributed by atoms with E-state index in [0.29, 0.717) is 0 Å². The zero-order valence-electron chi connectivity index (χ0n) is 16.1. The average Bonchev–Trinajstić information content (AvgIpc) is 2.56. The lowest BCUT2D eigenvalue weighted by Gasteiger charge is -2.16. The molecule has 2 rings (SSSR count). The highest BCUT2D eigenvalue weighted by Crippen LogP contribution is 2.28. The molecule has 4 heteroatoms. The van der Waals surface area contributed by atoms with Crippen LogP contribution in [0.15, 0.2) is 46.6 Å². The minimum absolute atomic E-state index is 0.0747. The molecule has 2 fully saturated rings. The molecule has 0 bridgehead atoms. The van der Waals surface area contributed by atoms with Crippen LogP contribution in [0.3, 0.4) is 0 Å². The molecule has 0 aromatic heterocycles. The van der Waals surface area contributed by atoms with Crippen LogP contribution in [-0.2, 0) is 14.4 Å². The standard InChI is InChI=1S/C11H14O3.C11H16O/c1-8(12)6-9-2-4-10(5-3-9)7-11(13)14;1-3-10-4-6-11(7-5-10)8-9(2)12/h6-7H,2-5H2,1H3,(H,13,14);3,8H,4-7H2,1-2H3. The second kappa shape index (κ2) is 11.4. The summed E-state index contributed by atoms with van der Waals surface area (Å²) in [6.07, 6.45) is 14.6. The maximum absolute atomic E-state index is 10.8. The molecule has 0 aromatic carbocycles. The Hall–Kier alpha value is -2.23. The molecule has 0 heterocycles. The Morgan fingerprint density at radius 2 is 0.962 bits per heavy atom. The third-order valence-electron chi connectivity index (χ3n) is 4.62. The van der Waals surface area contributed by atoms with Gasteiger partial charge in [0.2, 0.25) is 0 Å². The second-order valence-corrected chi connectivity index (χ2v) is 6.91. The highest BCUT2D eigenvalue weighted by molar-refractivity contribution is 5.88. The molecule has 0 aliphatic heterocycles. The lowest BCUT2D eigenvalue weighted by Crippen LogP contribution is -2.02. The van der Waals surface area contributed by atoms with Gasteiger partial charge in [0, 0.05) is 6.08 Å². The monoisotopic (exact) mass is 358 g/mol. The number of carboxylic acid groups (broad SMARTS) is 1. The van der Waals surface area contributed by atoms with Gasteiger partial charge in [-0.15, -0.1) is 0 Å². The van der Waals surface area contributed by atoms with Crippen molar-refractivity contribution in [3.63, 3.8) is 0 Å². The van der Waals surface area contributed by atoms with Crippen LogP contribution in [0.2, 0.25) is 0 Å². The summed E-state index contributed by atoms with van der Waals surface area (Å²) in [6, 6.07) is 0. The van der Waals surface area contributed by atoms with Gasteiger partial charge in [-0.05, 0) is 84.3 Å². The van der Waals surface area contributed by atoms with Crippen molar-refractivity contribution in [3.8, 4) is 0 Å². The molecular weight excluding hydrogens is 328 g/mol. The van der Waals surface area contributed by atoms with E-state index in [0.717, 1.165) is 62.5 Å². The van der Waals surface area contributed by atoms with E-state index in [1.165, 1.54) is 24.1 Å². The minimum atomic E-state index is -0.876. The molecule has 142 valence electrons. The number of aliphatic carboxylic acids is 1. The summed E-state index contributed by atoms with van der Waals surface area (Å²) in [5.41, 5.74) is 4.97. The van der Waals surface area contributed by atoms with Gasteiger partial charge in [0.05, 0.1) is 0 Å². The van der Waals surface area contributed by atoms with E-state index in [9.17, 15) is 14.4 Å². The highest BCUT2D eigenvalue weighted by atomic mass is 16.4. The molecule has 0 radical (unpaired) electrons. The maximum Gasteiger partial charge on any atom is 0.328 e. The van der Waals surface area contributed by atoms with E-state index in [1.54, 1.807) is 19.1 Å². The number of ketones is 2. The molecule has 0 unspecified atom stereocenters. The Labute approximate surface area is 156 Å². The third-order valence-corrected chi connectivity index (χ3v) is 4.62. The Bertz CT molecular complexity index is 604. The number of carbonyl (C=O) groups excluding carboxylic acids is 2. The fourth-order valence-corrected chi connectivity index (χ4v) is 3.26. The van der Waals surface area contributed by atoms with Gasteiger partial charge in [-0.1, -0.05) is 28.4 Å². The fraction of sp³-hybridized carbons (Fsp3) is 0.500. The Morgan fingerprint density at radius 1 is 0.654 bits per heavy atom. The van der Waals surface area contributed by atoms with Crippen LogP contribution < -0.4 is 0 Å². The van der Waals surface area contributed by atoms with Gasteiger partial charge in [-0.25, -0.2) is 4.79 Å². The molecule has 0 saturated heterocycles. The van der Waals surface area contributed by atoms with Gasteiger partial charge in [-0.3, -0.25) is 9.59 Å². The SMILES string of the molecule is CC(=O)C=C1CCC(=CC(=O)O)CC1.CC=C1CCC(=CC(C)=O)CC1. The molecule has 2 aliphatic carbocycles. The van der Waals surface area contributed by atoms with E-state index in [4.69, 9.17) is 5.11 Å². The first-order valence-electron chi connectivity index (χ1n) is 9.26. The predicted octanol–water partition coefficient (Wildman–Crippen LogP) is 5.11. The first-order chi connectivity index (χ1) is 12.3. The zero-order valence-corrected chi connectivity index (χ0v) is 16.1. The van der Waals surface area contributed by atoms with Gasteiger partial charge in [-0.2, -0.15) is 0 Å². The second-order valence-electron chi connectivity index (χ2n) is 6.91. The molecule has 2 aliphatic rings. The molecule has 0 aromatic rings. The van der Waals surface area contributed by atoms with Crippen LogP contribution >= 0.6 is 0 Å². The number of rotatable bonds is 3. The van der Waals surface area contributed by atoms with Crippen molar-refractivity contribution in [1.82, 2.24) is 0 Å². The number of carbonyl (C=O) groups is 3. The summed E-state index contributed by atoms with van der Waals surface area (Å²) in [6.45, 7) is 5.25. The van der Waals surface area contributed by atoms with E-state index in [-0.39, 0.29) is 11.6 Å². The molecule has 0 atom stereocenters. The molecule has 2 saturated carbocycles. The molecule has 0 amide bonds. The first-order valence-corrected chi connectivity index (χ1v) is 9.26. The van der Waals surface area contributed by atoms with Crippen LogP contribution in [-0.4, -0.2) is 22.6 Å². The minimum Gasteiger partial charge on any atom is -0.478 e. The third kappa shape index (κ3) is 9.30. The number of allylic oxidation sites excluding steroid dienone is 7. The van der Waals surface area contributed by atoms with Crippen molar-refractivity contribution in [1.29, 1.82) is 0 Å². The van der Waals surface area contributed by atoms with E-state index >= 15 is 0 Å². The quantitative estimate of drug-likeness (QED) is 0.562. The zero-order chi connectivity index (χ0) is 19.5. The van der Waals surface area contributed by atoms with Gasteiger partial charge in [0.25, 0.3) is 0 Å². The summed E-state index contributed by atoms with van der Waals surface area (Å²) in [5.74, 6) is -0.612. The van der Waals surface area contributed by atoms with Crippen LogP contribution in [0.4, 0.5) is 0 Å². The van der Waals surface area contributed by atoms with Gasteiger partial charge >= 0.3 is 5.97 Å². The first kappa shape index (κ1) is 21.8. The van der Waals surface area contributed by atoms with Crippen LogP contribution in [0.25, 0.3) is 0 Å².